The minimum absolute atomic E-state index is 1.26. The lowest BCUT2D eigenvalue weighted by Gasteiger charge is -2.18. The van der Waals surface area contributed by atoms with Crippen molar-refractivity contribution in [3.63, 3.8) is 0 Å². The molecule has 1 aromatic heterocycles. The van der Waals surface area contributed by atoms with Crippen LogP contribution >= 0.6 is 11.3 Å². The molecule has 43 heavy (non-hydrogen) atoms. The van der Waals surface area contributed by atoms with Crippen molar-refractivity contribution in [2.75, 3.05) is 0 Å². The third kappa shape index (κ3) is 3.82. The van der Waals surface area contributed by atoms with Gasteiger partial charge in [-0.25, -0.2) is 0 Å². The average molecular weight is 563 g/mol. The van der Waals surface area contributed by atoms with Crippen molar-refractivity contribution in [1.82, 2.24) is 0 Å². The maximum Gasteiger partial charge on any atom is 0.0361 e. The standard InChI is InChI=1S/C42H26S/c1-2-12-28(13-3-1)32-19-10-20-38-42(32)37-24-23-31(26-39(37)43-38)41-35-17-8-6-15-33(35)40(34-16-7-9-18-36(34)41)30-22-21-27-11-4-5-14-29(27)25-30/h1-26H. The highest BCUT2D eigenvalue weighted by Crippen LogP contribution is 2.46. The van der Waals surface area contributed by atoms with Crippen LogP contribution in [0.4, 0.5) is 0 Å². The van der Waals surface area contributed by atoms with Crippen molar-refractivity contribution in [1.29, 1.82) is 0 Å². The molecule has 0 fully saturated rings. The van der Waals surface area contributed by atoms with Crippen LogP contribution < -0.4 is 0 Å². The Bertz CT molecular complexity index is 2440. The van der Waals surface area contributed by atoms with Crippen LogP contribution in [0.5, 0.6) is 0 Å². The molecule has 8 aromatic carbocycles. The van der Waals surface area contributed by atoms with Gasteiger partial charge >= 0.3 is 0 Å². The lowest BCUT2D eigenvalue weighted by molar-refractivity contribution is 1.67. The van der Waals surface area contributed by atoms with Gasteiger partial charge in [0.15, 0.2) is 0 Å². The molecule has 1 heterocycles. The molecule has 0 atom stereocenters. The Labute approximate surface area is 254 Å². The lowest BCUT2D eigenvalue weighted by atomic mass is 9.85. The van der Waals surface area contributed by atoms with E-state index in [1.807, 2.05) is 11.3 Å². The third-order valence-electron chi connectivity index (χ3n) is 8.84. The summed E-state index contributed by atoms with van der Waals surface area (Å²) >= 11 is 1.89. The maximum absolute atomic E-state index is 2.42. The number of hydrogen-bond acceptors (Lipinski definition) is 1. The molecular formula is C42H26S. The van der Waals surface area contributed by atoms with Crippen LogP contribution in [0.25, 0.3) is 85.9 Å². The van der Waals surface area contributed by atoms with Crippen LogP contribution in [-0.4, -0.2) is 0 Å². The van der Waals surface area contributed by atoms with E-state index in [-0.39, 0.29) is 0 Å². The fraction of sp³-hybridized carbons (Fsp3) is 0. The first-order valence-corrected chi connectivity index (χ1v) is 15.6. The minimum atomic E-state index is 1.26. The van der Waals surface area contributed by atoms with Crippen LogP contribution in [0, 0.1) is 0 Å². The quantitative estimate of drug-likeness (QED) is 0.188. The lowest BCUT2D eigenvalue weighted by Crippen LogP contribution is -1.91. The monoisotopic (exact) mass is 562 g/mol. The Balaban J connectivity index is 1.32. The molecule has 0 aliphatic rings. The van der Waals surface area contributed by atoms with Gasteiger partial charge in [-0.2, -0.15) is 0 Å². The van der Waals surface area contributed by atoms with Gasteiger partial charge in [-0.05, 0) is 83.9 Å². The number of thiophene rings is 1. The van der Waals surface area contributed by atoms with Gasteiger partial charge in [-0.3, -0.25) is 0 Å². The van der Waals surface area contributed by atoms with Crippen LogP contribution in [0.1, 0.15) is 0 Å². The summed E-state index contributed by atoms with van der Waals surface area (Å²) in [5, 5.41) is 10.4. The molecule has 0 radical (unpaired) electrons. The molecule has 0 aliphatic heterocycles. The summed E-state index contributed by atoms with van der Waals surface area (Å²) in [5.74, 6) is 0. The van der Waals surface area contributed by atoms with E-state index >= 15 is 0 Å². The Hall–Kier alpha value is -5.24. The fourth-order valence-electron chi connectivity index (χ4n) is 6.93. The summed E-state index contributed by atoms with van der Waals surface area (Å²) < 4.78 is 2.65. The van der Waals surface area contributed by atoms with Gasteiger partial charge in [0, 0.05) is 20.2 Å². The summed E-state index contributed by atoms with van der Waals surface area (Å²) in [6.07, 6.45) is 0. The molecule has 9 aromatic rings. The molecule has 9 rings (SSSR count). The second kappa shape index (κ2) is 9.66. The highest BCUT2D eigenvalue weighted by Gasteiger charge is 2.18. The van der Waals surface area contributed by atoms with Crippen LogP contribution in [0.15, 0.2) is 158 Å². The van der Waals surface area contributed by atoms with E-state index in [9.17, 15) is 0 Å². The third-order valence-corrected chi connectivity index (χ3v) is 9.96. The molecule has 0 unspecified atom stereocenters. The maximum atomic E-state index is 2.42. The number of benzene rings is 8. The zero-order valence-electron chi connectivity index (χ0n) is 23.4. The van der Waals surface area contributed by atoms with E-state index in [1.54, 1.807) is 0 Å². The largest absolute Gasteiger partial charge is 0.135 e. The van der Waals surface area contributed by atoms with E-state index < -0.39 is 0 Å². The first kappa shape index (κ1) is 24.4. The summed E-state index contributed by atoms with van der Waals surface area (Å²) in [6, 6.07) is 57.9. The van der Waals surface area contributed by atoms with Crippen molar-refractivity contribution in [2.24, 2.45) is 0 Å². The van der Waals surface area contributed by atoms with Gasteiger partial charge in [0.05, 0.1) is 0 Å². The zero-order chi connectivity index (χ0) is 28.3. The van der Waals surface area contributed by atoms with Gasteiger partial charge in [0.25, 0.3) is 0 Å². The van der Waals surface area contributed by atoms with E-state index in [2.05, 4.69) is 158 Å². The number of fused-ring (bicyclic) bond motifs is 6. The van der Waals surface area contributed by atoms with Crippen molar-refractivity contribution in [2.45, 2.75) is 0 Å². The minimum Gasteiger partial charge on any atom is -0.135 e. The van der Waals surface area contributed by atoms with Crippen LogP contribution in [-0.2, 0) is 0 Å². The number of hydrogen-bond donors (Lipinski definition) is 0. The van der Waals surface area contributed by atoms with E-state index in [0.29, 0.717) is 0 Å². The van der Waals surface area contributed by atoms with E-state index in [4.69, 9.17) is 0 Å². The van der Waals surface area contributed by atoms with Gasteiger partial charge < -0.3 is 0 Å². The molecule has 0 saturated carbocycles. The summed E-state index contributed by atoms with van der Waals surface area (Å²) in [5.41, 5.74) is 7.68. The zero-order valence-corrected chi connectivity index (χ0v) is 24.2. The smallest absolute Gasteiger partial charge is 0.0361 e. The van der Waals surface area contributed by atoms with Crippen molar-refractivity contribution < 1.29 is 0 Å². The molecule has 0 nitrogen and oxygen atoms in total. The average Bonchev–Trinajstić information content (AvgIpc) is 3.45. The van der Waals surface area contributed by atoms with Gasteiger partial charge in [0.2, 0.25) is 0 Å². The molecule has 1 heteroatoms. The predicted molar refractivity (Wildman–Crippen MR) is 188 cm³/mol. The predicted octanol–water partition coefficient (Wildman–Crippen LogP) is 12.5. The second-order valence-corrected chi connectivity index (χ2v) is 12.3. The van der Waals surface area contributed by atoms with Crippen LogP contribution in [0.2, 0.25) is 0 Å². The molecule has 0 bridgehead atoms. The van der Waals surface area contributed by atoms with E-state index in [1.165, 1.54) is 85.9 Å². The molecule has 200 valence electrons. The van der Waals surface area contributed by atoms with Crippen LogP contribution in [0.3, 0.4) is 0 Å². The molecule has 0 saturated heterocycles. The Morgan fingerprint density at radius 3 is 1.60 bits per heavy atom. The summed E-state index contributed by atoms with van der Waals surface area (Å²) in [4.78, 5) is 0. The SMILES string of the molecule is c1ccc(-c2cccc3sc4cc(-c5c6ccccc6c(-c6ccc7ccccc7c6)c6ccccc56)ccc4c23)cc1. The Morgan fingerprint density at radius 2 is 0.907 bits per heavy atom. The van der Waals surface area contributed by atoms with E-state index in [0.717, 1.165) is 0 Å². The summed E-state index contributed by atoms with van der Waals surface area (Å²) in [7, 11) is 0. The number of rotatable bonds is 3. The summed E-state index contributed by atoms with van der Waals surface area (Å²) in [6.45, 7) is 0. The van der Waals surface area contributed by atoms with Gasteiger partial charge in [-0.15, -0.1) is 11.3 Å². The molecule has 0 spiro atoms. The van der Waals surface area contributed by atoms with Crippen molar-refractivity contribution in [3.05, 3.63) is 158 Å². The Kier molecular flexibility index (Phi) is 5.47. The topological polar surface area (TPSA) is 0 Å². The van der Waals surface area contributed by atoms with Gasteiger partial charge in [0.1, 0.15) is 0 Å². The molecule has 0 N–H and O–H groups in total. The first-order valence-electron chi connectivity index (χ1n) is 14.8. The molecule has 0 amide bonds. The first-order chi connectivity index (χ1) is 21.3. The highest BCUT2D eigenvalue weighted by atomic mass is 32.1. The van der Waals surface area contributed by atoms with Crippen molar-refractivity contribution in [3.8, 4) is 33.4 Å². The fourth-order valence-corrected chi connectivity index (χ4v) is 8.11. The van der Waals surface area contributed by atoms with Crippen molar-refractivity contribution >= 4 is 63.8 Å². The second-order valence-electron chi connectivity index (χ2n) is 11.3. The Morgan fingerprint density at radius 1 is 0.326 bits per heavy atom. The highest BCUT2D eigenvalue weighted by molar-refractivity contribution is 7.26. The molecule has 0 aliphatic carbocycles. The van der Waals surface area contributed by atoms with Gasteiger partial charge in [-0.1, -0.05) is 140 Å². The normalized spacial score (nSPS) is 11.7. The molecular weight excluding hydrogens is 537 g/mol.